The molecule has 1 aromatic carbocycles. The van der Waals surface area contributed by atoms with E-state index in [0.717, 1.165) is 27.5 Å². The number of aliphatic hydroxyl groups excluding tert-OH is 1. The van der Waals surface area contributed by atoms with Crippen molar-refractivity contribution in [2.24, 2.45) is 0 Å². The van der Waals surface area contributed by atoms with E-state index in [2.05, 4.69) is 4.98 Å². The SMILES string of the molecule is CCOC(=O)c1sc(N2C(=O)C(=O)C(=C(O)c3ccc4c(c3)CC(C)O4)C2c2ccco2)nc1C. The predicted molar refractivity (Wildman–Crippen MR) is 127 cm³/mol. The van der Waals surface area contributed by atoms with Crippen LogP contribution in [0.3, 0.4) is 0 Å². The van der Waals surface area contributed by atoms with Crippen molar-refractivity contribution in [2.45, 2.75) is 39.3 Å². The fraction of sp³-hybridized carbons (Fsp3) is 0.280. The fourth-order valence-corrected chi connectivity index (χ4v) is 5.33. The van der Waals surface area contributed by atoms with Gasteiger partial charge in [-0.05, 0) is 56.7 Å². The van der Waals surface area contributed by atoms with Gasteiger partial charge in [0.15, 0.2) is 5.13 Å². The third-order valence-corrected chi connectivity index (χ3v) is 7.02. The van der Waals surface area contributed by atoms with Gasteiger partial charge in [-0.3, -0.25) is 14.5 Å². The number of aromatic nitrogens is 1. The van der Waals surface area contributed by atoms with E-state index < -0.39 is 23.7 Å². The number of hydrogen-bond acceptors (Lipinski definition) is 9. The molecular formula is C25H22N2O7S. The molecule has 0 spiro atoms. The number of rotatable bonds is 5. The first kappa shape index (κ1) is 22.9. The van der Waals surface area contributed by atoms with Gasteiger partial charge in [0.25, 0.3) is 5.78 Å². The van der Waals surface area contributed by atoms with Crippen molar-refractivity contribution in [1.29, 1.82) is 0 Å². The summed E-state index contributed by atoms with van der Waals surface area (Å²) in [5.41, 5.74) is 1.54. The average Bonchev–Trinajstić information content (AvgIpc) is 3.59. The van der Waals surface area contributed by atoms with Crippen molar-refractivity contribution in [3.8, 4) is 5.75 Å². The standard InChI is InChI=1S/C25H22N2O7S/c1-4-32-24(31)22-13(3)26-25(35-22)27-19(17-6-5-9-33-17)18(21(29)23(27)30)20(28)14-7-8-16-15(11-14)10-12(2)34-16/h5-9,11-12,19,28H,4,10H2,1-3H3. The molecule has 35 heavy (non-hydrogen) atoms. The van der Waals surface area contributed by atoms with Gasteiger partial charge in [-0.1, -0.05) is 11.3 Å². The minimum atomic E-state index is -1.06. The van der Waals surface area contributed by atoms with Crippen LogP contribution in [0.5, 0.6) is 5.75 Å². The van der Waals surface area contributed by atoms with E-state index in [4.69, 9.17) is 13.9 Å². The number of Topliss-reactive ketones (excluding diaryl/α,β-unsaturated/α-hetero) is 1. The molecule has 4 heterocycles. The Bertz CT molecular complexity index is 1370. The summed E-state index contributed by atoms with van der Waals surface area (Å²) in [7, 11) is 0. The van der Waals surface area contributed by atoms with Crippen LogP contribution >= 0.6 is 11.3 Å². The van der Waals surface area contributed by atoms with Gasteiger partial charge in [0, 0.05) is 12.0 Å². The first-order valence-electron chi connectivity index (χ1n) is 11.1. The lowest BCUT2D eigenvalue weighted by Gasteiger charge is -2.20. The summed E-state index contributed by atoms with van der Waals surface area (Å²) in [6.45, 7) is 5.45. The van der Waals surface area contributed by atoms with Gasteiger partial charge in [0.05, 0.1) is 24.1 Å². The summed E-state index contributed by atoms with van der Waals surface area (Å²) in [5, 5.41) is 11.4. The number of aliphatic hydroxyl groups is 1. The van der Waals surface area contributed by atoms with Crippen LogP contribution in [0.15, 0.2) is 46.6 Å². The minimum Gasteiger partial charge on any atom is -0.507 e. The maximum absolute atomic E-state index is 13.2. The van der Waals surface area contributed by atoms with Crippen molar-refractivity contribution in [1.82, 2.24) is 4.98 Å². The van der Waals surface area contributed by atoms with Gasteiger partial charge in [0.1, 0.15) is 34.3 Å². The van der Waals surface area contributed by atoms with Crippen molar-refractivity contribution in [3.63, 3.8) is 0 Å². The Morgan fingerprint density at radius 3 is 2.83 bits per heavy atom. The van der Waals surface area contributed by atoms with Gasteiger partial charge in [-0.2, -0.15) is 0 Å². The van der Waals surface area contributed by atoms with Crippen LogP contribution in [0.4, 0.5) is 5.13 Å². The molecule has 0 saturated carbocycles. The van der Waals surface area contributed by atoms with Crippen molar-refractivity contribution in [2.75, 3.05) is 11.5 Å². The molecular weight excluding hydrogens is 472 g/mol. The second-order valence-electron chi connectivity index (χ2n) is 8.27. The van der Waals surface area contributed by atoms with Gasteiger partial charge in [-0.25, -0.2) is 9.78 Å². The van der Waals surface area contributed by atoms with E-state index in [9.17, 15) is 19.5 Å². The molecule has 1 saturated heterocycles. The molecule has 2 atom stereocenters. The molecule has 0 radical (unpaired) electrons. The molecule has 1 N–H and O–H groups in total. The maximum Gasteiger partial charge on any atom is 0.350 e. The number of hydrogen-bond donors (Lipinski definition) is 1. The highest BCUT2D eigenvalue weighted by atomic mass is 32.1. The van der Waals surface area contributed by atoms with E-state index in [1.165, 1.54) is 6.26 Å². The predicted octanol–water partition coefficient (Wildman–Crippen LogP) is 4.17. The van der Waals surface area contributed by atoms with E-state index in [1.807, 2.05) is 6.92 Å². The van der Waals surface area contributed by atoms with E-state index >= 15 is 0 Å². The Labute approximate surface area is 204 Å². The van der Waals surface area contributed by atoms with Crippen LogP contribution in [0.1, 0.15) is 52.1 Å². The molecule has 1 amide bonds. The number of aryl methyl sites for hydroxylation is 1. The summed E-state index contributed by atoms with van der Waals surface area (Å²) in [6, 6.07) is 7.32. The van der Waals surface area contributed by atoms with Gasteiger partial charge < -0.3 is 19.0 Å². The van der Waals surface area contributed by atoms with Gasteiger partial charge in [0.2, 0.25) is 0 Å². The molecule has 2 aliphatic heterocycles. The van der Waals surface area contributed by atoms with Crippen LogP contribution in [-0.2, 0) is 20.7 Å². The Kier molecular flexibility index (Phi) is 5.68. The number of anilines is 1. The summed E-state index contributed by atoms with van der Waals surface area (Å²) < 4.78 is 16.4. The Morgan fingerprint density at radius 1 is 1.31 bits per heavy atom. The van der Waals surface area contributed by atoms with E-state index in [1.54, 1.807) is 44.2 Å². The molecule has 2 aromatic heterocycles. The van der Waals surface area contributed by atoms with Crippen LogP contribution < -0.4 is 9.64 Å². The van der Waals surface area contributed by atoms with Crippen LogP contribution in [0.25, 0.3) is 5.76 Å². The number of nitrogens with zero attached hydrogens (tertiary/aromatic N) is 2. The Hall–Kier alpha value is -3.92. The fourth-order valence-electron chi connectivity index (χ4n) is 4.34. The quantitative estimate of drug-likeness (QED) is 0.243. The van der Waals surface area contributed by atoms with E-state index in [-0.39, 0.29) is 39.8 Å². The second-order valence-corrected chi connectivity index (χ2v) is 9.25. The number of ether oxygens (including phenoxy) is 2. The third kappa shape index (κ3) is 3.79. The smallest absolute Gasteiger partial charge is 0.350 e. The Morgan fingerprint density at radius 2 is 2.11 bits per heavy atom. The van der Waals surface area contributed by atoms with Gasteiger partial charge in [-0.15, -0.1) is 0 Å². The number of fused-ring (bicyclic) bond motifs is 1. The molecule has 3 aromatic rings. The topological polar surface area (TPSA) is 119 Å². The monoisotopic (exact) mass is 494 g/mol. The van der Waals surface area contributed by atoms with E-state index in [0.29, 0.717) is 17.7 Å². The highest BCUT2D eigenvalue weighted by Gasteiger charge is 2.49. The second kappa shape index (κ2) is 8.70. The zero-order valence-corrected chi connectivity index (χ0v) is 20.0. The van der Waals surface area contributed by atoms with Crippen LogP contribution in [0.2, 0.25) is 0 Å². The summed E-state index contributed by atoms with van der Waals surface area (Å²) in [4.78, 5) is 44.5. The van der Waals surface area contributed by atoms with Crippen LogP contribution in [0, 0.1) is 6.92 Å². The molecule has 0 aliphatic carbocycles. The normalized spacial score (nSPS) is 20.7. The summed E-state index contributed by atoms with van der Waals surface area (Å²) >= 11 is 0.943. The molecule has 10 heteroatoms. The molecule has 5 rings (SSSR count). The Balaban J connectivity index is 1.63. The molecule has 0 bridgehead atoms. The number of furan rings is 1. The molecule has 180 valence electrons. The van der Waals surface area contributed by atoms with Crippen LogP contribution in [-0.4, -0.2) is 40.5 Å². The molecule has 2 aliphatic rings. The zero-order chi connectivity index (χ0) is 24.9. The molecule has 2 unspecified atom stereocenters. The number of benzene rings is 1. The van der Waals surface area contributed by atoms with Gasteiger partial charge >= 0.3 is 11.9 Å². The number of esters is 1. The van der Waals surface area contributed by atoms with Crippen molar-refractivity contribution in [3.05, 3.63) is 69.6 Å². The van der Waals surface area contributed by atoms with Crippen molar-refractivity contribution >= 4 is 39.9 Å². The number of amides is 1. The number of carbonyl (C=O) groups is 3. The first-order chi connectivity index (χ1) is 16.8. The first-order valence-corrected chi connectivity index (χ1v) is 11.9. The van der Waals surface area contributed by atoms with Crippen molar-refractivity contribution < 1.29 is 33.4 Å². The maximum atomic E-state index is 13.2. The average molecular weight is 495 g/mol. The lowest BCUT2D eigenvalue weighted by molar-refractivity contribution is -0.132. The zero-order valence-electron chi connectivity index (χ0n) is 19.2. The number of thiazole rings is 1. The largest absolute Gasteiger partial charge is 0.507 e. The number of ketones is 1. The highest BCUT2D eigenvalue weighted by Crippen LogP contribution is 2.44. The lowest BCUT2D eigenvalue weighted by atomic mass is 9.97. The summed E-state index contributed by atoms with van der Waals surface area (Å²) in [6.07, 6.45) is 2.10. The number of carbonyl (C=O) groups excluding carboxylic acids is 3. The summed E-state index contributed by atoms with van der Waals surface area (Å²) in [5.74, 6) is -1.64. The third-order valence-electron chi connectivity index (χ3n) is 5.88. The lowest BCUT2D eigenvalue weighted by Crippen LogP contribution is -2.29. The molecule has 9 nitrogen and oxygen atoms in total. The minimum absolute atomic E-state index is 0.0119. The molecule has 1 fully saturated rings. The highest BCUT2D eigenvalue weighted by molar-refractivity contribution is 7.17.